The van der Waals surface area contributed by atoms with E-state index in [-0.39, 0.29) is 11.8 Å². The van der Waals surface area contributed by atoms with Crippen LogP contribution >= 0.6 is 0 Å². The average molecular weight is 237 g/mol. The molecule has 0 spiro atoms. The van der Waals surface area contributed by atoms with E-state index >= 15 is 0 Å². The SMILES string of the molecule is CCN(C(=O)C1=NNC(=O)CC1)C1CCCC1. The first-order valence-electron chi connectivity index (χ1n) is 6.38. The molecule has 0 aromatic carbocycles. The molecule has 1 aliphatic heterocycles. The standard InChI is InChI=1S/C12H19N3O2/c1-2-15(9-5-3-4-6-9)12(17)10-7-8-11(16)14-13-10/h9H,2-8H2,1H3,(H,14,16). The normalized spacial score (nSPS) is 21.0. The van der Waals surface area contributed by atoms with E-state index in [1.165, 1.54) is 12.8 Å². The van der Waals surface area contributed by atoms with Crippen LogP contribution in [0.5, 0.6) is 0 Å². The number of amides is 2. The zero-order valence-corrected chi connectivity index (χ0v) is 10.2. The third kappa shape index (κ3) is 2.65. The number of hydrazone groups is 1. The van der Waals surface area contributed by atoms with Gasteiger partial charge in [-0.3, -0.25) is 9.59 Å². The third-order valence-corrected chi connectivity index (χ3v) is 3.52. The molecule has 5 nitrogen and oxygen atoms in total. The molecule has 0 aromatic heterocycles. The highest BCUT2D eigenvalue weighted by molar-refractivity contribution is 6.39. The lowest BCUT2D eigenvalue weighted by atomic mass is 10.1. The summed E-state index contributed by atoms with van der Waals surface area (Å²) in [5.41, 5.74) is 2.88. The van der Waals surface area contributed by atoms with E-state index in [0.717, 1.165) is 19.4 Å². The summed E-state index contributed by atoms with van der Waals surface area (Å²) >= 11 is 0. The fourth-order valence-electron chi connectivity index (χ4n) is 2.58. The third-order valence-electron chi connectivity index (χ3n) is 3.52. The summed E-state index contributed by atoms with van der Waals surface area (Å²) in [4.78, 5) is 25.2. The van der Waals surface area contributed by atoms with Crippen LogP contribution in [-0.4, -0.2) is 35.0 Å². The van der Waals surface area contributed by atoms with Crippen LogP contribution in [0.1, 0.15) is 45.4 Å². The predicted molar refractivity (Wildman–Crippen MR) is 64.5 cm³/mol. The monoisotopic (exact) mass is 237 g/mol. The van der Waals surface area contributed by atoms with E-state index in [0.29, 0.717) is 24.6 Å². The summed E-state index contributed by atoms with van der Waals surface area (Å²) in [5.74, 6) is -0.107. The summed E-state index contributed by atoms with van der Waals surface area (Å²) in [7, 11) is 0. The number of hydrogen-bond donors (Lipinski definition) is 1. The minimum Gasteiger partial charge on any atom is -0.335 e. The molecule has 0 atom stereocenters. The molecule has 0 bridgehead atoms. The molecule has 1 N–H and O–H groups in total. The minimum atomic E-state index is -0.106. The van der Waals surface area contributed by atoms with Crippen molar-refractivity contribution in [3.63, 3.8) is 0 Å². The molecule has 2 aliphatic rings. The highest BCUT2D eigenvalue weighted by Crippen LogP contribution is 2.24. The maximum atomic E-state index is 12.3. The first-order valence-corrected chi connectivity index (χ1v) is 6.38. The molecule has 0 aromatic rings. The first kappa shape index (κ1) is 12.1. The van der Waals surface area contributed by atoms with Gasteiger partial charge in [0.05, 0.1) is 0 Å². The summed E-state index contributed by atoms with van der Waals surface area (Å²) in [6, 6.07) is 0.368. The molecule has 2 rings (SSSR count). The lowest BCUT2D eigenvalue weighted by Gasteiger charge is -2.28. The van der Waals surface area contributed by atoms with Crippen molar-refractivity contribution < 1.29 is 9.59 Å². The maximum Gasteiger partial charge on any atom is 0.270 e. The molecular formula is C12H19N3O2. The van der Waals surface area contributed by atoms with Gasteiger partial charge in [0.2, 0.25) is 5.91 Å². The Labute approximate surface area is 101 Å². The van der Waals surface area contributed by atoms with Crippen molar-refractivity contribution in [2.75, 3.05) is 6.54 Å². The Kier molecular flexibility index (Phi) is 3.76. The maximum absolute atomic E-state index is 12.3. The summed E-state index contributed by atoms with van der Waals surface area (Å²) in [6.07, 6.45) is 5.44. The smallest absolute Gasteiger partial charge is 0.270 e. The van der Waals surface area contributed by atoms with Crippen LogP contribution < -0.4 is 5.43 Å². The van der Waals surface area contributed by atoms with Gasteiger partial charge in [-0.05, 0) is 19.8 Å². The van der Waals surface area contributed by atoms with E-state index < -0.39 is 0 Å². The Morgan fingerprint density at radius 2 is 2.12 bits per heavy atom. The Hall–Kier alpha value is -1.39. The van der Waals surface area contributed by atoms with Crippen molar-refractivity contribution in [1.82, 2.24) is 10.3 Å². The van der Waals surface area contributed by atoms with Gasteiger partial charge in [0.1, 0.15) is 5.71 Å². The highest BCUT2D eigenvalue weighted by Gasteiger charge is 2.29. The number of carbonyl (C=O) groups excluding carboxylic acids is 2. The summed E-state index contributed by atoms with van der Waals surface area (Å²) in [6.45, 7) is 2.72. The van der Waals surface area contributed by atoms with E-state index in [4.69, 9.17) is 0 Å². The fourth-order valence-corrected chi connectivity index (χ4v) is 2.58. The lowest BCUT2D eigenvalue weighted by Crippen LogP contribution is -2.44. The fraction of sp³-hybridized carbons (Fsp3) is 0.750. The van der Waals surface area contributed by atoms with Crippen LogP contribution in [-0.2, 0) is 9.59 Å². The van der Waals surface area contributed by atoms with Crippen LogP contribution in [0.15, 0.2) is 5.10 Å². The highest BCUT2D eigenvalue weighted by atomic mass is 16.2. The molecule has 94 valence electrons. The van der Waals surface area contributed by atoms with Gasteiger partial charge in [0, 0.05) is 25.4 Å². The number of rotatable bonds is 3. The average Bonchev–Trinajstić information content (AvgIpc) is 2.84. The van der Waals surface area contributed by atoms with Crippen molar-refractivity contribution >= 4 is 17.5 Å². The van der Waals surface area contributed by atoms with Crippen LogP contribution in [0.2, 0.25) is 0 Å². The molecule has 17 heavy (non-hydrogen) atoms. The van der Waals surface area contributed by atoms with Gasteiger partial charge >= 0.3 is 0 Å². The second kappa shape index (κ2) is 5.29. The van der Waals surface area contributed by atoms with E-state index in [9.17, 15) is 9.59 Å². The van der Waals surface area contributed by atoms with Crippen LogP contribution in [0, 0.1) is 0 Å². The molecule has 1 fully saturated rings. The van der Waals surface area contributed by atoms with E-state index in [1.54, 1.807) is 0 Å². The van der Waals surface area contributed by atoms with Gasteiger partial charge in [-0.15, -0.1) is 0 Å². The molecule has 1 saturated carbocycles. The predicted octanol–water partition coefficient (Wildman–Crippen LogP) is 1.04. The number of carbonyl (C=O) groups is 2. The van der Waals surface area contributed by atoms with Crippen molar-refractivity contribution in [3.05, 3.63) is 0 Å². The van der Waals surface area contributed by atoms with Gasteiger partial charge in [-0.1, -0.05) is 12.8 Å². The van der Waals surface area contributed by atoms with Crippen molar-refractivity contribution in [3.8, 4) is 0 Å². The Balaban J connectivity index is 2.04. The van der Waals surface area contributed by atoms with Crippen molar-refractivity contribution in [1.29, 1.82) is 0 Å². The Morgan fingerprint density at radius 3 is 2.65 bits per heavy atom. The number of nitrogens with zero attached hydrogens (tertiary/aromatic N) is 2. The van der Waals surface area contributed by atoms with Crippen molar-refractivity contribution in [2.45, 2.75) is 51.5 Å². The Bertz CT molecular complexity index is 346. The molecule has 2 amide bonds. The largest absolute Gasteiger partial charge is 0.335 e. The van der Waals surface area contributed by atoms with E-state index in [2.05, 4.69) is 10.5 Å². The number of nitrogens with one attached hydrogen (secondary N) is 1. The minimum absolute atomic E-state index is 0.000556. The zero-order valence-electron chi connectivity index (χ0n) is 10.2. The molecule has 1 aliphatic carbocycles. The second-order valence-electron chi connectivity index (χ2n) is 4.62. The molecular weight excluding hydrogens is 218 g/mol. The molecule has 0 unspecified atom stereocenters. The van der Waals surface area contributed by atoms with Gasteiger partial charge in [0.15, 0.2) is 0 Å². The quantitative estimate of drug-likeness (QED) is 0.797. The van der Waals surface area contributed by atoms with Crippen molar-refractivity contribution in [2.24, 2.45) is 5.10 Å². The molecule has 5 heteroatoms. The molecule has 0 radical (unpaired) electrons. The molecule has 1 heterocycles. The summed E-state index contributed by atoms with van der Waals surface area (Å²) in [5, 5.41) is 3.88. The van der Waals surface area contributed by atoms with Crippen LogP contribution in [0.4, 0.5) is 0 Å². The number of hydrogen-bond acceptors (Lipinski definition) is 3. The van der Waals surface area contributed by atoms with Gasteiger partial charge in [-0.25, -0.2) is 5.43 Å². The Morgan fingerprint density at radius 1 is 1.41 bits per heavy atom. The lowest BCUT2D eigenvalue weighted by molar-refractivity contribution is -0.126. The topological polar surface area (TPSA) is 61.8 Å². The first-order chi connectivity index (χ1) is 8.22. The van der Waals surface area contributed by atoms with Crippen LogP contribution in [0.25, 0.3) is 0 Å². The zero-order chi connectivity index (χ0) is 12.3. The van der Waals surface area contributed by atoms with Gasteiger partial charge < -0.3 is 4.90 Å². The van der Waals surface area contributed by atoms with E-state index in [1.807, 2.05) is 11.8 Å². The second-order valence-corrected chi connectivity index (χ2v) is 4.62. The molecule has 0 saturated heterocycles. The van der Waals surface area contributed by atoms with Gasteiger partial charge in [-0.2, -0.15) is 5.10 Å². The van der Waals surface area contributed by atoms with Gasteiger partial charge in [0.25, 0.3) is 5.91 Å². The van der Waals surface area contributed by atoms with Crippen LogP contribution in [0.3, 0.4) is 0 Å². The summed E-state index contributed by atoms with van der Waals surface area (Å²) < 4.78 is 0.